The van der Waals surface area contributed by atoms with Gasteiger partial charge in [0.15, 0.2) is 0 Å². The maximum atomic E-state index is 2.54. The lowest BCUT2D eigenvalue weighted by Gasteiger charge is -2.51. The van der Waals surface area contributed by atoms with Crippen molar-refractivity contribution in [2.24, 2.45) is 0 Å². The lowest BCUT2D eigenvalue weighted by molar-refractivity contribution is 0.437. The molecule has 0 saturated carbocycles. The number of fused-ring (bicyclic) bond motifs is 8. The minimum Gasteiger partial charge on any atom is -0.310 e. The molecule has 2 unspecified atom stereocenters. The summed E-state index contributed by atoms with van der Waals surface area (Å²) >= 11 is 0. The number of nitrogens with zero attached hydrogens (tertiary/aromatic N) is 2. The quantitative estimate of drug-likeness (QED) is 0.142. The highest BCUT2D eigenvalue weighted by Gasteiger charge is 2.64. The Morgan fingerprint density at radius 2 is 0.556 bits per heavy atom. The third-order valence-corrected chi connectivity index (χ3v) is 15.6. The number of benzene rings is 12. The lowest BCUT2D eigenvalue weighted by Crippen LogP contribution is -2.50. The topological polar surface area (TPSA) is 6.48 Å². The van der Waals surface area contributed by atoms with E-state index in [-0.39, 0.29) is 0 Å². The number of hydrogen-bond donors (Lipinski definition) is 0. The average molecular weight is 917 g/mol. The van der Waals surface area contributed by atoms with Crippen LogP contribution in [0.5, 0.6) is 0 Å². The molecule has 0 N–H and O–H groups in total. The Morgan fingerprint density at radius 1 is 0.222 bits per heavy atom. The van der Waals surface area contributed by atoms with Gasteiger partial charge in [0.2, 0.25) is 0 Å². The van der Waals surface area contributed by atoms with E-state index in [4.69, 9.17) is 0 Å². The molecule has 0 heterocycles. The highest BCUT2D eigenvalue weighted by Crippen LogP contribution is 2.70. The Labute approximate surface area is 421 Å². The molecule has 12 aromatic carbocycles. The van der Waals surface area contributed by atoms with Crippen LogP contribution in [0.3, 0.4) is 0 Å². The van der Waals surface area contributed by atoms with Crippen molar-refractivity contribution >= 4 is 55.7 Å². The highest BCUT2D eigenvalue weighted by atomic mass is 15.1. The summed E-state index contributed by atoms with van der Waals surface area (Å²) in [6.45, 7) is 0. The maximum absolute atomic E-state index is 2.54. The van der Waals surface area contributed by atoms with E-state index in [0.29, 0.717) is 0 Å². The lowest BCUT2D eigenvalue weighted by atomic mass is 9.49. The van der Waals surface area contributed by atoms with Crippen LogP contribution in [-0.4, -0.2) is 0 Å². The van der Waals surface area contributed by atoms with Gasteiger partial charge in [-0.1, -0.05) is 231 Å². The molecule has 0 aliphatic heterocycles. The first-order chi connectivity index (χ1) is 35.7. The maximum Gasteiger partial charge on any atom is 0.0642 e. The Bertz CT molecular complexity index is 3720. The van der Waals surface area contributed by atoms with Crippen LogP contribution in [-0.2, 0) is 10.8 Å². The molecule has 2 aliphatic rings. The fourth-order valence-electron chi connectivity index (χ4n) is 12.9. The van der Waals surface area contributed by atoms with Gasteiger partial charge in [0.05, 0.1) is 22.2 Å². The molecule has 0 saturated heterocycles. The molecule has 0 spiro atoms. The van der Waals surface area contributed by atoms with Gasteiger partial charge >= 0.3 is 0 Å². The average Bonchev–Trinajstić information content (AvgIpc) is 3.92. The van der Waals surface area contributed by atoms with Gasteiger partial charge in [-0.05, 0) is 127 Å². The molecule has 0 bridgehead atoms. The summed E-state index contributed by atoms with van der Waals surface area (Å²) in [4.78, 5) is 4.93. The normalized spacial score (nSPS) is 16.2. The second-order valence-corrected chi connectivity index (χ2v) is 19.1. The fourth-order valence-corrected chi connectivity index (χ4v) is 12.9. The smallest absolute Gasteiger partial charge is 0.0642 e. The molecule has 0 aromatic heterocycles. The summed E-state index contributed by atoms with van der Waals surface area (Å²) < 4.78 is 0. The van der Waals surface area contributed by atoms with Crippen LogP contribution in [0, 0.1) is 0 Å². The van der Waals surface area contributed by atoms with Crippen LogP contribution in [0.2, 0.25) is 0 Å². The van der Waals surface area contributed by atoms with Gasteiger partial charge in [0.25, 0.3) is 0 Å². The Kier molecular flexibility index (Phi) is 9.69. The van der Waals surface area contributed by atoms with E-state index in [1.54, 1.807) is 0 Å². The van der Waals surface area contributed by atoms with E-state index in [1.807, 2.05) is 0 Å². The van der Waals surface area contributed by atoms with Crippen molar-refractivity contribution < 1.29 is 0 Å². The number of rotatable bonds is 9. The van der Waals surface area contributed by atoms with Crippen molar-refractivity contribution in [2.75, 3.05) is 9.80 Å². The molecule has 2 atom stereocenters. The van der Waals surface area contributed by atoms with Crippen molar-refractivity contribution in [1.82, 2.24) is 0 Å². The number of hydrogen-bond acceptors (Lipinski definition) is 2. The number of anilines is 6. The highest BCUT2D eigenvalue weighted by molar-refractivity contribution is 6.02. The first-order valence-corrected chi connectivity index (χ1v) is 25.0. The van der Waals surface area contributed by atoms with Gasteiger partial charge in [-0.2, -0.15) is 0 Å². The first kappa shape index (κ1) is 41.7. The monoisotopic (exact) mass is 916 g/mol. The molecule has 338 valence electrons. The zero-order valence-electron chi connectivity index (χ0n) is 39.6. The van der Waals surface area contributed by atoms with Gasteiger partial charge in [-0.25, -0.2) is 0 Å². The van der Waals surface area contributed by atoms with Gasteiger partial charge in [0.1, 0.15) is 0 Å². The third kappa shape index (κ3) is 6.03. The fraction of sp³-hybridized carbons (Fsp3) is 0.0286. The largest absolute Gasteiger partial charge is 0.310 e. The van der Waals surface area contributed by atoms with E-state index in [1.165, 1.54) is 77.2 Å². The standard InChI is InChI=1S/C70H48N2/c1-5-27-51(28-6-1)69(63-39-19-17-37-59(63)61-45-43-55(47-65(61)69)71(53-31-9-3-10-32-53)67-41-21-25-49-23-13-15-35-57(49)67)70(52-29-7-2-8-30-52)64-40-20-18-38-60(64)62-46-44-56(48-66(62)70)72(54-33-11-4-12-34-54)68-42-22-26-50-24-14-16-36-58(50)68/h1-48H. The first-order valence-electron chi connectivity index (χ1n) is 25.0. The number of para-hydroxylation sites is 2. The van der Waals surface area contributed by atoms with Crippen LogP contribution in [0.1, 0.15) is 33.4 Å². The third-order valence-electron chi connectivity index (χ3n) is 15.6. The Balaban J connectivity index is 1.13. The Hall–Kier alpha value is -9.24. The van der Waals surface area contributed by atoms with Crippen LogP contribution in [0.4, 0.5) is 34.1 Å². The Morgan fingerprint density at radius 3 is 0.986 bits per heavy atom. The van der Waals surface area contributed by atoms with Gasteiger partial charge in [-0.15, -0.1) is 0 Å². The van der Waals surface area contributed by atoms with Crippen LogP contribution in [0.25, 0.3) is 43.8 Å². The SMILES string of the molecule is c1ccc(N(c2ccc3c(c2)C(c2ccccc2)(C2(c4ccccc4)c4ccccc4-c4ccc(N(c5ccccc5)c5cccc6ccccc56)cc42)c2ccccc2-3)c2cccc3ccccc23)cc1. The summed E-state index contributed by atoms with van der Waals surface area (Å²) in [5, 5.41) is 4.80. The van der Waals surface area contributed by atoms with Gasteiger partial charge in [0, 0.05) is 33.5 Å². The van der Waals surface area contributed by atoms with Gasteiger partial charge in [-0.3, -0.25) is 0 Å². The molecule has 12 aromatic rings. The van der Waals surface area contributed by atoms with E-state index < -0.39 is 10.8 Å². The molecule has 14 rings (SSSR count). The van der Waals surface area contributed by atoms with Crippen LogP contribution < -0.4 is 9.80 Å². The molecule has 2 heteroatoms. The zero-order valence-corrected chi connectivity index (χ0v) is 39.6. The van der Waals surface area contributed by atoms with Crippen molar-refractivity contribution in [1.29, 1.82) is 0 Å². The van der Waals surface area contributed by atoms with Crippen molar-refractivity contribution in [2.45, 2.75) is 10.8 Å². The molecule has 0 fully saturated rings. The summed E-state index contributed by atoms with van der Waals surface area (Å²) in [6.07, 6.45) is 0. The summed E-state index contributed by atoms with van der Waals surface area (Å²) in [5.74, 6) is 0. The predicted octanol–water partition coefficient (Wildman–Crippen LogP) is 18.3. The van der Waals surface area contributed by atoms with E-state index >= 15 is 0 Å². The molecule has 72 heavy (non-hydrogen) atoms. The zero-order chi connectivity index (χ0) is 47.6. The molecular weight excluding hydrogens is 869 g/mol. The molecule has 2 aliphatic carbocycles. The molecule has 0 amide bonds. The second kappa shape index (κ2) is 16.7. The van der Waals surface area contributed by atoms with Crippen molar-refractivity contribution in [3.05, 3.63) is 325 Å². The summed E-state index contributed by atoms with van der Waals surface area (Å²) in [6, 6.07) is 109. The minimum atomic E-state index is -0.810. The van der Waals surface area contributed by atoms with E-state index in [0.717, 1.165) is 34.1 Å². The van der Waals surface area contributed by atoms with Gasteiger partial charge < -0.3 is 9.80 Å². The van der Waals surface area contributed by atoms with Crippen molar-refractivity contribution in [3.8, 4) is 22.3 Å². The second-order valence-electron chi connectivity index (χ2n) is 19.1. The minimum absolute atomic E-state index is 0.810. The van der Waals surface area contributed by atoms with E-state index in [2.05, 4.69) is 301 Å². The van der Waals surface area contributed by atoms with E-state index in [9.17, 15) is 0 Å². The van der Waals surface area contributed by atoms with Crippen LogP contribution >= 0.6 is 0 Å². The summed E-state index contributed by atoms with van der Waals surface area (Å²) in [5.41, 5.74) is 17.6. The predicted molar refractivity (Wildman–Crippen MR) is 301 cm³/mol. The van der Waals surface area contributed by atoms with Crippen molar-refractivity contribution in [3.63, 3.8) is 0 Å². The molecule has 0 radical (unpaired) electrons. The molecule has 2 nitrogen and oxygen atoms in total. The molecular formula is C70H48N2. The summed E-state index contributed by atoms with van der Waals surface area (Å²) in [7, 11) is 0. The van der Waals surface area contributed by atoms with Crippen LogP contribution in [0.15, 0.2) is 291 Å².